The number of nitrogens with one attached hydrogen (secondary N) is 2. The molecule has 3 rings (SSSR count). The van der Waals surface area contributed by atoms with E-state index >= 15 is 0 Å². The number of rotatable bonds is 1. The van der Waals surface area contributed by atoms with E-state index in [4.69, 9.17) is 0 Å². The lowest BCUT2D eigenvalue weighted by molar-refractivity contribution is -0.115. The van der Waals surface area contributed by atoms with Gasteiger partial charge in [0.25, 0.3) is 5.91 Å². The summed E-state index contributed by atoms with van der Waals surface area (Å²) >= 11 is 0. The van der Waals surface area contributed by atoms with Gasteiger partial charge in [-0.3, -0.25) is 9.59 Å². The number of hydrogen-bond acceptors (Lipinski definition) is 4. The molecular formula is C16H24Cl2N4O2. The van der Waals surface area contributed by atoms with Gasteiger partial charge in [0.2, 0.25) is 5.91 Å². The SMILES string of the molecule is C[C@@H]1CNCCN1C(=O)c1ccc2c(c1)NC(=O)CCN2C.Cl.Cl. The maximum Gasteiger partial charge on any atom is 0.254 e. The van der Waals surface area contributed by atoms with Gasteiger partial charge in [-0.1, -0.05) is 0 Å². The van der Waals surface area contributed by atoms with Crippen LogP contribution in [0, 0.1) is 0 Å². The number of hydrogen-bond donors (Lipinski definition) is 2. The molecule has 0 radical (unpaired) electrons. The Morgan fingerprint density at radius 3 is 2.71 bits per heavy atom. The molecule has 1 atom stereocenters. The van der Waals surface area contributed by atoms with Crippen LogP contribution in [0.3, 0.4) is 0 Å². The molecule has 6 nitrogen and oxygen atoms in total. The highest BCUT2D eigenvalue weighted by Crippen LogP contribution is 2.29. The zero-order valence-corrected chi connectivity index (χ0v) is 15.5. The number of piperazine rings is 1. The van der Waals surface area contributed by atoms with E-state index in [-0.39, 0.29) is 42.7 Å². The first-order valence-corrected chi connectivity index (χ1v) is 7.73. The highest BCUT2D eigenvalue weighted by Gasteiger charge is 2.25. The number of benzene rings is 1. The fraction of sp³-hybridized carbons (Fsp3) is 0.500. The fourth-order valence-electron chi connectivity index (χ4n) is 3.01. The lowest BCUT2D eigenvalue weighted by Crippen LogP contribution is -2.52. The standard InChI is InChI=1S/C16H22N4O2.2ClH/c1-11-10-17-6-8-20(11)16(22)12-3-4-14-13(9-12)18-15(21)5-7-19(14)2;;/h3-4,9,11,17H,5-8,10H2,1-2H3,(H,18,21);2*1H/t11-;;/m1../s1. The molecule has 2 heterocycles. The number of carbonyl (C=O) groups excluding carboxylic acids is 2. The van der Waals surface area contributed by atoms with Gasteiger partial charge >= 0.3 is 0 Å². The van der Waals surface area contributed by atoms with Crippen molar-refractivity contribution < 1.29 is 9.59 Å². The summed E-state index contributed by atoms with van der Waals surface area (Å²) in [6, 6.07) is 5.74. The van der Waals surface area contributed by atoms with Crippen LogP contribution in [0.15, 0.2) is 18.2 Å². The second-order valence-electron chi connectivity index (χ2n) is 6.00. The summed E-state index contributed by atoms with van der Waals surface area (Å²) in [5.74, 6) is 0.0173. The molecule has 0 unspecified atom stereocenters. The van der Waals surface area contributed by atoms with Crippen LogP contribution in [-0.2, 0) is 4.79 Å². The average Bonchev–Trinajstić information content (AvgIpc) is 2.65. The molecule has 0 aromatic heterocycles. The molecule has 8 heteroatoms. The minimum Gasteiger partial charge on any atom is -0.372 e. The van der Waals surface area contributed by atoms with Gasteiger partial charge in [-0.25, -0.2) is 0 Å². The first-order valence-electron chi connectivity index (χ1n) is 7.73. The van der Waals surface area contributed by atoms with Gasteiger partial charge in [0.05, 0.1) is 11.4 Å². The largest absolute Gasteiger partial charge is 0.372 e. The first kappa shape index (κ1) is 20.5. The monoisotopic (exact) mass is 374 g/mol. The smallest absolute Gasteiger partial charge is 0.254 e. The Morgan fingerprint density at radius 1 is 1.25 bits per heavy atom. The van der Waals surface area contributed by atoms with Crippen molar-refractivity contribution in [1.29, 1.82) is 0 Å². The molecule has 1 aromatic rings. The van der Waals surface area contributed by atoms with Gasteiger partial charge in [0, 0.05) is 51.3 Å². The van der Waals surface area contributed by atoms with Gasteiger partial charge in [-0.2, -0.15) is 0 Å². The molecule has 1 fully saturated rings. The van der Waals surface area contributed by atoms with E-state index in [0.717, 1.165) is 24.5 Å². The van der Waals surface area contributed by atoms with Crippen LogP contribution in [0.1, 0.15) is 23.7 Å². The summed E-state index contributed by atoms with van der Waals surface area (Å²) in [4.78, 5) is 28.4. The van der Waals surface area contributed by atoms with Gasteiger partial charge in [0.1, 0.15) is 0 Å². The molecule has 0 saturated carbocycles. The molecule has 2 aliphatic rings. The topological polar surface area (TPSA) is 64.7 Å². The summed E-state index contributed by atoms with van der Waals surface area (Å²) in [7, 11) is 1.96. The second kappa shape index (κ2) is 8.55. The molecule has 2 amide bonds. The summed E-state index contributed by atoms with van der Waals surface area (Å²) in [6.07, 6.45) is 0.462. The molecule has 24 heavy (non-hydrogen) atoms. The van der Waals surface area contributed by atoms with Gasteiger partial charge < -0.3 is 20.4 Å². The highest BCUT2D eigenvalue weighted by atomic mass is 35.5. The van der Waals surface area contributed by atoms with Crippen molar-refractivity contribution in [1.82, 2.24) is 10.2 Å². The maximum atomic E-state index is 12.7. The summed E-state index contributed by atoms with van der Waals surface area (Å²) in [5.41, 5.74) is 2.30. The van der Waals surface area contributed by atoms with Gasteiger partial charge in [-0.05, 0) is 25.1 Å². The Kier molecular flexibility index (Phi) is 7.32. The van der Waals surface area contributed by atoms with E-state index in [9.17, 15) is 9.59 Å². The van der Waals surface area contributed by atoms with Crippen LogP contribution in [0.5, 0.6) is 0 Å². The van der Waals surface area contributed by atoms with Crippen molar-refractivity contribution in [3.63, 3.8) is 0 Å². The van der Waals surface area contributed by atoms with E-state index in [0.29, 0.717) is 25.1 Å². The molecule has 0 aliphatic carbocycles. The normalized spacial score (nSPS) is 20.1. The van der Waals surface area contributed by atoms with Crippen molar-refractivity contribution in [2.45, 2.75) is 19.4 Å². The Bertz CT molecular complexity index is 612. The Hall–Kier alpha value is -1.50. The zero-order valence-electron chi connectivity index (χ0n) is 13.9. The predicted octanol–water partition coefficient (Wildman–Crippen LogP) is 1.74. The van der Waals surface area contributed by atoms with Crippen molar-refractivity contribution in [2.24, 2.45) is 0 Å². The quantitative estimate of drug-likeness (QED) is 0.785. The number of halogens is 2. The van der Waals surface area contributed by atoms with Crippen molar-refractivity contribution in [3.8, 4) is 0 Å². The lowest BCUT2D eigenvalue weighted by atomic mass is 10.1. The molecule has 0 spiro atoms. The van der Waals surface area contributed by atoms with E-state index in [1.54, 1.807) is 6.07 Å². The zero-order chi connectivity index (χ0) is 15.7. The second-order valence-corrected chi connectivity index (χ2v) is 6.00. The lowest BCUT2D eigenvalue weighted by Gasteiger charge is -2.34. The van der Waals surface area contributed by atoms with Crippen LogP contribution in [0.25, 0.3) is 0 Å². The fourth-order valence-corrected chi connectivity index (χ4v) is 3.01. The number of amides is 2. The number of carbonyl (C=O) groups is 2. The first-order chi connectivity index (χ1) is 10.6. The maximum absolute atomic E-state index is 12.7. The number of fused-ring (bicyclic) bond motifs is 1. The Morgan fingerprint density at radius 2 is 2.00 bits per heavy atom. The number of anilines is 2. The summed E-state index contributed by atoms with van der Waals surface area (Å²) in [5, 5.41) is 6.18. The molecule has 2 N–H and O–H groups in total. The predicted molar refractivity (Wildman–Crippen MR) is 101 cm³/mol. The third-order valence-corrected chi connectivity index (χ3v) is 4.37. The van der Waals surface area contributed by atoms with Crippen LogP contribution in [0.4, 0.5) is 11.4 Å². The number of nitrogens with zero attached hydrogens (tertiary/aromatic N) is 2. The molecule has 2 aliphatic heterocycles. The van der Waals surface area contributed by atoms with E-state index in [1.165, 1.54) is 0 Å². The van der Waals surface area contributed by atoms with Crippen molar-refractivity contribution in [2.75, 3.05) is 43.4 Å². The van der Waals surface area contributed by atoms with Crippen LogP contribution < -0.4 is 15.5 Å². The molecule has 0 bridgehead atoms. The molecule has 1 saturated heterocycles. The van der Waals surface area contributed by atoms with E-state index < -0.39 is 0 Å². The Labute approximate surface area is 154 Å². The molecule has 1 aromatic carbocycles. The van der Waals surface area contributed by atoms with E-state index in [1.807, 2.05) is 35.9 Å². The van der Waals surface area contributed by atoms with E-state index in [2.05, 4.69) is 10.6 Å². The molecular weight excluding hydrogens is 351 g/mol. The van der Waals surface area contributed by atoms with Crippen LogP contribution in [-0.4, -0.2) is 56.0 Å². The highest BCUT2D eigenvalue weighted by molar-refractivity contribution is 6.01. The van der Waals surface area contributed by atoms with Crippen LogP contribution >= 0.6 is 24.8 Å². The summed E-state index contributed by atoms with van der Waals surface area (Å²) in [6.45, 7) is 5.07. The minimum atomic E-state index is -0.00857. The van der Waals surface area contributed by atoms with Crippen molar-refractivity contribution in [3.05, 3.63) is 23.8 Å². The molecule has 134 valence electrons. The summed E-state index contributed by atoms with van der Waals surface area (Å²) < 4.78 is 0. The Balaban J connectivity index is 0.00000144. The van der Waals surface area contributed by atoms with Gasteiger partial charge in [0.15, 0.2) is 0 Å². The van der Waals surface area contributed by atoms with Gasteiger partial charge in [-0.15, -0.1) is 24.8 Å². The van der Waals surface area contributed by atoms with Crippen LogP contribution in [0.2, 0.25) is 0 Å². The average molecular weight is 375 g/mol. The minimum absolute atomic E-state index is 0. The van der Waals surface area contributed by atoms with Crippen molar-refractivity contribution >= 4 is 48.0 Å². The third-order valence-electron chi connectivity index (χ3n) is 4.37. The third kappa shape index (κ3) is 4.12.